The number of aromatic nitrogens is 3. The number of carboxylic acid groups (broad SMARTS) is 1. The Bertz CT molecular complexity index is 554. The number of carboxylic acids is 1. The summed E-state index contributed by atoms with van der Waals surface area (Å²) < 4.78 is 6.83. The molecule has 2 heterocycles. The molecule has 0 spiro atoms. The van der Waals surface area contributed by atoms with E-state index >= 15 is 0 Å². The van der Waals surface area contributed by atoms with Gasteiger partial charge in [-0.05, 0) is 0 Å². The van der Waals surface area contributed by atoms with Crippen molar-refractivity contribution in [1.29, 1.82) is 0 Å². The fourth-order valence-electron chi connectivity index (χ4n) is 1.66. The number of rotatable bonds is 3. The van der Waals surface area contributed by atoms with Gasteiger partial charge in [-0.1, -0.05) is 19.0 Å². The molecule has 0 bridgehead atoms. The lowest BCUT2D eigenvalue weighted by atomic mass is 10.0. The molecule has 0 aromatic carbocycles. The summed E-state index contributed by atoms with van der Waals surface area (Å²) in [5.74, 6) is -0.685. The van der Waals surface area contributed by atoms with Gasteiger partial charge in [0.1, 0.15) is 11.3 Å². The van der Waals surface area contributed by atoms with Crippen molar-refractivity contribution >= 4 is 5.97 Å². The topological polar surface area (TPSA) is 81.2 Å². The average molecular weight is 235 g/mol. The molecule has 0 radical (unpaired) electrons. The third-order valence-corrected chi connectivity index (χ3v) is 2.52. The van der Waals surface area contributed by atoms with Gasteiger partial charge in [-0.15, -0.1) is 0 Å². The van der Waals surface area contributed by atoms with Gasteiger partial charge in [-0.25, -0.2) is 9.78 Å². The van der Waals surface area contributed by atoms with Gasteiger partial charge in [-0.2, -0.15) is 0 Å². The van der Waals surface area contributed by atoms with Gasteiger partial charge in [0.05, 0.1) is 18.2 Å². The summed E-state index contributed by atoms with van der Waals surface area (Å²) in [5, 5.41) is 13.1. The minimum absolute atomic E-state index is 0.0319. The predicted molar refractivity (Wildman–Crippen MR) is 59.8 cm³/mol. The molecule has 0 saturated carbocycles. The van der Waals surface area contributed by atoms with Crippen molar-refractivity contribution < 1.29 is 14.4 Å². The SMILES string of the molecule is CC(C)c1onc(-c2cncn2C)c1C(=O)O. The van der Waals surface area contributed by atoms with Crippen LogP contribution in [0.4, 0.5) is 0 Å². The molecular formula is C11H13N3O3. The molecule has 90 valence electrons. The van der Waals surface area contributed by atoms with E-state index in [1.807, 2.05) is 13.8 Å². The van der Waals surface area contributed by atoms with Gasteiger partial charge in [0, 0.05) is 13.0 Å². The first-order valence-corrected chi connectivity index (χ1v) is 5.22. The lowest BCUT2D eigenvalue weighted by molar-refractivity contribution is 0.0694. The van der Waals surface area contributed by atoms with E-state index < -0.39 is 5.97 Å². The van der Waals surface area contributed by atoms with E-state index in [1.54, 1.807) is 24.1 Å². The normalized spacial score (nSPS) is 11.1. The first-order chi connectivity index (χ1) is 8.02. The summed E-state index contributed by atoms with van der Waals surface area (Å²) in [6.07, 6.45) is 3.15. The average Bonchev–Trinajstić information content (AvgIpc) is 2.82. The molecule has 0 aliphatic carbocycles. The van der Waals surface area contributed by atoms with Crippen molar-refractivity contribution in [3.63, 3.8) is 0 Å². The molecule has 6 nitrogen and oxygen atoms in total. The number of aromatic carboxylic acids is 1. The number of hydrogen-bond donors (Lipinski definition) is 1. The van der Waals surface area contributed by atoms with Crippen molar-refractivity contribution in [1.82, 2.24) is 14.7 Å². The van der Waals surface area contributed by atoms with Crippen molar-refractivity contribution in [3.05, 3.63) is 23.8 Å². The summed E-state index contributed by atoms with van der Waals surface area (Å²) >= 11 is 0. The van der Waals surface area contributed by atoms with Crippen molar-refractivity contribution in [3.8, 4) is 11.4 Å². The number of carbonyl (C=O) groups is 1. The van der Waals surface area contributed by atoms with Crippen LogP contribution in [0.5, 0.6) is 0 Å². The maximum atomic E-state index is 11.3. The zero-order valence-corrected chi connectivity index (χ0v) is 9.84. The first-order valence-electron chi connectivity index (χ1n) is 5.22. The molecule has 6 heteroatoms. The molecule has 1 N–H and O–H groups in total. The molecule has 2 aromatic rings. The molecule has 2 aromatic heterocycles. The number of imidazole rings is 1. The van der Waals surface area contributed by atoms with Gasteiger partial charge < -0.3 is 14.2 Å². The summed E-state index contributed by atoms with van der Waals surface area (Å²) in [4.78, 5) is 15.2. The van der Waals surface area contributed by atoms with Gasteiger partial charge in [-0.3, -0.25) is 0 Å². The second-order valence-corrected chi connectivity index (χ2v) is 4.12. The van der Waals surface area contributed by atoms with Crippen LogP contribution in [0.25, 0.3) is 11.4 Å². The fraction of sp³-hybridized carbons (Fsp3) is 0.364. The van der Waals surface area contributed by atoms with Crippen LogP contribution in [-0.4, -0.2) is 25.8 Å². The van der Waals surface area contributed by atoms with Crippen LogP contribution >= 0.6 is 0 Å². The Morgan fingerprint density at radius 3 is 2.71 bits per heavy atom. The standard InChI is InChI=1S/C11H13N3O3/c1-6(2)10-8(11(15)16)9(13-17-10)7-4-12-5-14(7)3/h4-6H,1-3H3,(H,15,16). The largest absolute Gasteiger partial charge is 0.477 e. The minimum atomic E-state index is -1.04. The molecule has 17 heavy (non-hydrogen) atoms. The Morgan fingerprint density at radius 1 is 1.53 bits per heavy atom. The van der Waals surface area contributed by atoms with Crippen LogP contribution in [0.15, 0.2) is 17.0 Å². The second-order valence-electron chi connectivity index (χ2n) is 4.12. The maximum Gasteiger partial charge on any atom is 0.341 e. The van der Waals surface area contributed by atoms with Crippen LogP contribution in [-0.2, 0) is 7.05 Å². The third kappa shape index (κ3) is 1.82. The monoisotopic (exact) mass is 235 g/mol. The highest BCUT2D eigenvalue weighted by Gasteiger charge is 2.26. The van der Waals surface area contributed by atoms with E-state index in [1.165, 1.54) is 0 Å². The zero-order valence-electron chi connectivity index (χ0n) is 9.84. The number of nitrogens with zero attached hydrogens (tertiary/aromatic N) is 3. The highest BCUT2D eigenvalue weighted by Crippen LogP contribution is 2.29. The van der Waals surface area contributed by atoms with Crippen molar-refractivity contribution in [2.24, 2.45) is 7.05 Å². The van der Waals surface area contributed by atoms with E-state index in [9.17, 15) is 9.90 Å². The molecule has 0 unspecified atom stereocenters. The highest BCUT2D eigenvalue weighted by molar-refractivity contribution is 5.95. The van der Waals surface area contributed by atoms with E-state index in [0.717, 1.165) is 0 Å². The molecule has 0 saturated heterocycles. The summed E-state index contributed by atoms with van der Waals surface area (Å²) in [7, 11) is 1.78. The molecule has 2 rings (SSSR count). The molecule has 0 aliphatic rings. The van der Waals surface area contributed by atoms with E-state index in [4.69, 9.17) is 4.52 Å². The maximum absolute atomic E-state index is 11.3. The molecule has 0 aliphatic heterocycles. The smallest absolute Gasteiger partial charge is 0.341 e. The summed E-state index contributed by atoms with van der Waals surface area (Å²) in [6, 6.07) is 0. The zero-order chi connectivity index (χ0) is 12.6. The Labute approximate surface area is 97.9 Å². The molecule has 0 fully saturated rings. The summed E-state index contributed by atoms with van der Waals surface area (Å²) in [5.41, 5.74) is 1.06. The molecular weight excluding hydrogens is 222 g/mol. The van der Waals surface area contributed by atoms with Gasteiger partial charge in [0.25, 0.3) is 0 Å². The van der Waals surface area contributed by atoms with Crippen LogP contribution in [0.1, 0.15) is 35.9 Å². The van der Waals surface area contributed by atoms with Crippen LogP contribution in [0.2, 0.25) is 0 Å². The Morgan fingerprint density at radius 2 is 2.24 bits per heavy atom. The Kier molecular flexibility index (Phi) is 2.71. The number of hydrogen-bond acceptors (Lipinski definition) is 4. The van der Waals surface area contributed by atoms with Crippen molar-refractivity contribution in [2.75, 3.05) is 0 Å². The first kappa shape index (κ1) is 11.4. The van der Waals surface area contributed by atoms with Crippen LogP contribution < -0.4 is 0 Å². The fourth-order valence-corrected chi connectivity index (χ4v) is 1.66. The molecule has 0 amide bonds. The van der Waals surface area contributed by atoms with Crippen LogP contribution in [0, 0.1) is 0 Å². The minimum Gasteiger partial charge on any atom is -0.477 e. The number of aryl methyl sites for hydroxylation is 1. The van der Waals surface area contributed by atoms with E-state index in [0.29, 0.717) is 17.1 Å². The van der Waals surface area contributed by atoms with E-state index in [2.05, 4.69) is 10.1 Å². The molecule has 0 atom stereocenters. The van der Waals surface area contributed by atoms with Crippen LogP contribution in [0.3, 0.4) is 0 Å². The Hall–Kier alpha value is -2.11. The quantitative estimate of drug-likeness (QED) is 0.878. The lowest BCUT2D eigenvalue weighted by Crippen LogP contribution is -2.03. The van der Waals surface area contributed by atoms with Gasteiger partial charge in [0.15, 0.2) is 5.76 Å². The Balaban J connectivity index is 2.64. The van der Waals surface area contributed by atoms with E-state index in [-0.39, 0.29) is 11.5 Å². The summed E-state index contributed by atoms with van der Waals surface area (Å²) in [6.45, 7) is 3.72. The predicted octanol–water partition coefficient (Wildman–Crippen LogP) is 1.90. The van der Waals surface area contributed by atoms with Gasteiger partial charge >= 0.3 is 5.97 Å². The van der Waals surface area contributed by atoms with Crippen molar-refractivity contribution in [2.45, 2.75) is 19.8 Å². The third-order valence-electron chi connectivity index (χ3n) is 2.52. The van der Waals surface area contributed by atoms with Gasteiger partial charge in [0.2, 0.25) is 0 Å². The highest BCUT2D eigenvalue weighted by atomic mass is 16.5. The lowest BCUT2D eigenvalue weighted by Gasteiger charge is -2.01. The second kappa shape index (κ2) is 4.04.